The fraction of sp³-hybridized carbons (Fsp3) is 0.833. The molecule has 0 heterocycles. The summed E-state index contributed by atoms with van der Waals surface area (Å²) in [4.78, 5) is 22.3. The largest absolute Gasteiger partial charge is 0.481 e. The number of carboxylic acid groups (broad SMARTS) is 1. The van der Waals surface area contributed by atoms with Crippen LogP contribution in [0.15, 0.2) is 0 Å². The summed E-state index contributed by atoms with van der Waals surface area (Å²) < 4.78 is 0. The van der Waals surface area contributed by atoms with Crippen molar-refractivity contribution in [3.05, 3.63) is 0 Å². The minimum absolute atomic E-state index is 0.108. The van der Waals surface area contributed by atoms with Crippen molar-refractivity contribution in [1.29, 1.82) is 0 Å². The Labute approximate surface area is 103 Å². The van der Waals surface area contributed by atoms with E-state index >= 15 is 0 Å². The minimum Gasteiger partial charge on any atom is -0.481 e. The first kappa shape index (κ1) is 15.9. The van der Waals surface area contributed by atoms with Crippen LogP contribution in [0.5, 0.6) is 0 Å². The van der Waals surface area contributed by atoms with E-state index in [4.69, 9.17) is 10.8 Å². The van der Waals surface area contributed by atoms with Crippen LogP contribution < -0.4 is 11.1 Å². The summed E-state index contributed by atoms with van der Waals surface area (Å²) in [7, 11) is 0. The zero-order chi connectivity index (χ0) is 13.9. The quantitative estimate of drug-likeness (QED) is 0.675. The fourth-order valence-corrected chi connectivity index (χ4v) is 1.36. The molecule has 4 N–H and O–H groups in total. The summed E-state index contributed by atoms with van der Waals surface area (Å²) in [6.07, 6.45) is 0.0933. The molecular weight excluding hydrogens is 220 g/mol. The maximum absolute atomic E-state index is 11.7. The predicted molar refractivity (Wildman–Crippen MR) is 66.5 cm³/mol. The number of amides is 1. The van der Waals surface area contributed by atoms with E-state index in [0.717, 1.165) is 0 Å². The monoisotopic (exact) mass is 244 g/mol. The SMILES string of the molecule is CC(C)(CC(=O)O)NC(=O)CC(N)C(C)(C)C. The molecule has 0 aliphatic carbocycles. The van der Waals surface area contributed by atoms with E-state index in [-0.39, 0.29) is 30.2 Å². The van der Waals surface area contributed by atoms with Gasteiger partial charge in [0.25, 0.3) is 0 Å². The smallest absolute Gasteiger partial charge is 0.305 e. The number of nitrogens with two attached hydrogens (primary N) is 1. The molecule has 0 bridgehead atoms. The highest BCUT2D eigenvalue weighted by Crippen LogP contribution is 2.20. The van der Waals surface area contributed by atoms with Gasteiger partial charge in [-0.25, -0.2) is 0 Å². The summed E-state index contributed by atoms with van der Waals surface area (Å²) in [6, 6.07) is -0.247. The fourth-order valence-electron chi connectivity index (χ4n) is 1.36. The lowest BCUT2D eigenvalue weighted by molar-refractivity contribution is -0.138. The normalized spacial score (nSPS) is 14.2. The summed E-state index contributed by atoms with van der Waals surface area (Å²) in [5.74, 6) is -1.14. The van der Waals surface area contributed by atoms with Gasteiger partial charge in [-0.05, 0) is 19.3 Å². The third-order valence-electron chi connectivity index (χ3n) is 2.59. The highest BCUT2D eigenvalue weighted by molar-refractivity contribution is 5.78. The van der Waals surface area contributed by atoms with Gasteiger partial charge >= 0.3 is 5.97 Å². The molecule has 1 unspecified atom stereocenters. The molecule has 0 aromatic rings. The molecule has 0 aromatic heterocycles. The van der Waals surface area contributed by atoms with Crippen molar-refractivity contribution < 1.29 is 14.7 Å². The Morgan fingerprint density at radius 2 is 1.71 bits per heavy atom. The van der Waals surface area contributed by atoms with Crippen molar-refractivity contribution in [3.63, 3.8) is 0 Å². The van der Waals surface area contributed by atoms with Crippen molar-refractivity contribution in [1.82, 2.24) is 5.32 Å². The highest BCUT2D eigenvalue weighted by atomic mass is 16.4. The van der Waals surface area contributed by atoms with Gasteiger partial charge in [0.15, 0.2) is 0 Å². The number of hydrogen-bond acceptors (Lipinski definition) is 3. The molecule has 1 amide bonds. The summed E-state index contributed by atoms with van der Waals surface area (Å²) in [6.45, 7) is 9.26. The topological polar surface area (TPSA) is 92.4 Å². The Morgan fingerprint density at radius 3 is 2.06 bits per heavy atom. The summed E-state index contributed by atoms with van der Waals surface area (Å²) >= 11 is 0. The van der Waals surface area contributed by atoms with Crippen LogP contribution in [0.4, 0.5) is 0 Å². The van der Waals surface area contributed by atoms with Gasteiger partial charge in [-0.2, -0.15) is 0 Å². The molecule has 0 aliphatic heterocycles. The molecular formula is C12H24N2O3. The number of rotatable bonds is 5. The first-order valence-corrected chi connectivity index (χ1v) is 5.72. The Bertz CT molecular complexity index is 293. The second-order valence-corrected chi connectivity index (χ2v) is 6.18. The molecule has 0 radical (unpaired) electrons. The first-order chi connectivity index (χ1) is 7.44. The third kappa shape index (κ3) is 6.94. The van der Waals surface area contributed by atoms with E-state index in [2.05, 4.69) is 5.32 Å². The average molecular weight is 244 g/mol. The molecule has 17 heavy (non-hydrogen) atoms. The van der Waals surface area contributed by atoms with Crippen molar-refractivity contribution in [2.45, 2.75) is 59.0 Å². The number of carboxylic acids is 1. The van der Waals surface area contributed by atoms with E-state index in [1.807, 2.05) is 20.8 Å². The van der Waals surface area contributed by atoms with Gasteiger partial charge in [0.2, 0.25) is 5.91 Å². The molecule has 5 heteroatoms. The van der Waals surface area contributed by atoms with Crippen molar-refractivity contribution >= 4 is 11.9 Å². The van der Waals surface area contributed by atoms with Gasteiger partial charge in [-0.3, -0.25) is 9.59 Å². The lowest BCUT2D eigenvalue weighted by Gasteiger charge is -2.29. The van der Waals surface area contributed by atoms with Crippen molar-refractivity contribution in [2.24, 2.45) is 11.1 Å². The predicted octanol–water partition coefficient (Wildman–Crippen LogP) is 1.12. The molecule has 0 saturated carbocycles. The minimum atomic E-state index is -0.935. The molecule has 0 aromatic carbocycles. The van der Waals surface area contributed by atoms with E-state index in [1.54, 1.807) is 13.8 Å². The van der Waals surface area contributed by atoms with E-state index in [9.17, 15) is 9.59 Å². The maximum atomic E-state index is 11.7. The number of nitrogens with one attached hydrogen (secondary N) is 1. The van der Waals surface area contributed by atoms with E-state index < -0.39 is 11.5 Å². The first-order valence-electron chi connectivity index (χ1n) is 5.72. The van der Waals surface area contributed by atoms with Crippen LogP contribution in [0.3, 0.4) is 0 Å². The van der Waals surface area contributed by atoms with Crippen LogP contribution in [0.2, 0.25) is 0 Å². The Kier molecular flexibility index (Phi) is 5.13. The lowest BCUT2D eigenvalue weighted by Crippen LogP contribution is -2.48. The second-order valence-electron chi connectivity index (χ2n) is 6.18. The van der Waals surface area contributed by atoms with E-state index in [0.29, 0.717) is 0 Å². The lowest BCUT2D eigenvalue weighted by atomic mass is 9.85. The van der Waals surface area contributed by atoms with E-state index in [1.165, 1.54) is 0 Å². The molecule has 0 aliphatic rings. The maximum Gasteiger partial charge on any atom is 0.305 e. The van der Waals surface area contributed by atoms with Gasteiger partial charge in [0.1, 0.15) is 0 Å². The third-order valence-corrected chi connectivity index (χ3v) is 2.59. The molecule has 1 atom stereocenters. The Morgan fingerprint density at radius 1 is 1.24 bits per heavy atom. The van der Waals surface area contributed by atoms with Crippen LogP contribution in [0.25, 0.3) is 0 Å². The average Bonchev–Trinajstić information content (AvgIpc) is 1.96. The van der Waals surface area contributed by atoms with Crippen LogP contribution in [-0.2, 0) is 9.59 Å². The highest BCUT2D eigenvalue weighted by Gasteiger charge is 2.27. The molecule has 0 spiro atoms. The number of aliphatic carboxylic acids is 1. The second kappa shape index (κ2) is 5.49. The number of hydrogen-bond donors (Lipinski definition) is 3. The summed E-state index contributed by atoms with van der Waals surface area (Å²) in [5, 5.41) is 11.4. The zero-order valence-corrected chi connectivity index (χ0v) is 11.3. The van der Waals surface area contributed by atoms with Crippen molar-refractivity contribution in [2.75, 3.05) is 0 Å². The Hall–Kier alpha value is -1.10. The number of carbonyl (C=O) groups excluding carboxylic acids is 1. The molecule has 0 fully saturated rings. The summed E-state index contributed by atoms with van der Waals surface area (Å²) in [5.41, 5.74) is 5.00. The Balaban J connectivity index is 4.32. The molecule has 0 saturated heterocycles. The molecule has 0 rings (SSSR count). The van der Waals surface area contributed by atoms with Gasteiger partial charge in [-0.1, -0.05) is 20.8 Å². The van der Waals surface area contributed by atoms with Gasteiger partial charge < -0.3 is 16.2 Å². The van der Waals surface area contributed by atoms with Crippen LogP contribution in [0.1, 0.15) is 47.5 Å². The number of carbonyl (C=O) groups is 2. The van der Waals surface area contributed by atoms with Crippen LogP contribution in [-0.4, -0.2) is 28.6 Å². The van der Waals surface area contributed by atoms with Crippen LogP contribution >= 0.6 is 0 Å². The zero-order valence-electron chi connectivity index (χ0n) is 11.3. The van der Waals surface area contributed by atoms with Crippen molar-refractivity contribution in [3.8, 4) is 0 Å². The van der Waals surface area contributed by atoms with Gasteiger partial charge in [0.05, 0.1) is 6.42 Å². The van der Waals surface area contributed by atoms with Gasteiger partial charge in [0, 0.05) is 18.0 Å². The molecule has 100 valence electrons. The van der Waals surface area contributed by atoms with Crippen LogP contribution in [0, 0.1) is 5.41 Å². The molecule has 5 nitrogen and oxygen atoms in total. The van der Waals surface area contributed by atoms with Gasteiger partial charge in [-0.15, -0.1) is 0 Å². The standard InChI is InChI=1S/C12H24N2O3/c1-11(2,3)8(13)6-9(15)14-12(4,5)7-10(16)17/h8H,6-7,13H2,1-5H3,(H,14,15)(H,16,17).